The molecule has 2 aromatic heterocycles. The summed E-state index contributed by atoms with van der Waals surface area (Å²) in [5, 5.41) is 1.63. The summed E-state index contributed by atoms with van der Waals surface area (Å²) in [7, 11) is 1.32. The van der Waals surface area contributed by atoms with Crippen molar-refractivity contribution in [1.82, 2.24) is 9.88 Å². The first-order valence-electron chi connectivity index (χ1n) is 12.7. The van der Waals surface area contributed by atoms with Crippen molar-refractivity contribution in [2.75, 3.05) is 13.7 Å². The summed E-state index contributed by atoms with van der Waals surface area (Å²) < 4.78 is 16.7. The van der Waals surface area contributed by atoms with Crippen molar-refractivity contribution in [3.05, 3.63) is 100 Å². The highest BCUT2D eigenvalue weighted by Crippen LogP contribution is 2.36. The summed E-state index contributed by atoms with van der Waals surface area (Å²) in [6, 6.07) is 21.6. The summed E-state index contributed by atoms with van der Waals surface area (Å²) in [6.45, 7) is 1.78. The average Bonchev–Trinajstić information content (AvgIpc) is 3.32. The van der Waals surface area contributed by atoms with Crippen LogP contribution in [0.15, 0.2) is 82.0 Å². The highest BCUT2D eigenvalue weighted by atomic mass is 16.5. The first-order chi connectivity index (χ1) is 18.9. The van der Waals surface area contributed by atoms with Gasteiger partial charge in [-0.3, -0.25) is 4.79 Å². The lowest BCUT2D eigenvalue weighted by Gasteiger charge is -2.33. The molecule has 3 heterocycles. The molecule has 0 saturated heterocycles. The van der Waals surface area contributed by atoms with Gasteiger partial charge in [-0.2, -0.15) is 0 Å². The monoisotopic (exact) mass is 522 g/mol. The fourth-order valence-corrected chi connectivity index (χ4v) is 5.39. The minimum absolute atomic E-state index is 0.227. The molecular formula is C31H26N2O6. The van der Waals surface area contributed by atoms with E-state index >= 15 is 0 Å². The number of aromatic nitrogens is 1. The number of aryl methyl sites for hydroxylation is 1. The van der Waals surface area contributed by atoms with Crippen LogP contribution in [0.4, 0.5) is 0 Å². The Labute approximate surface area is 223 Å². The number of hydrogen-bond donors (Lipinski definition) is 1. The van der Waals surface area contributed by atoms with Crippen molar-refractivity contribution >= 4 is 33.7 Å². The van der Waals surface area contributed by atoms with E-state index in [-0.39, 0.29) is 19.1 Å². The van der Waals surface area contributed by atoms with Crippen LogP contribution in [0.25, 0.3) is 33.0 Å². The molecule has 0 spiro atoms. The Morgan fingerprint density at radius 3 is 2.62 bits per heavy atom. The standard InChI is InChI=1S/C31H26N2O6/c1-18-12-26(30-21(19-8-4-3-5-9-19)15-29(35)39-27(30)13-18)38-17-28(34)33-16-24-22(14-25(33)31(36)37-2)20-10-6-7-11-23(20)32-24/h3-13,15,25,32H,14,16-17H2,1-2H3/t25-/m0/s1. The van der Waals surface area contributed by atoms with Crippen LogP contribution < -0.4 is 10.4 Å². The van der Waals surface area contributed by atoms with Gasteiger partial charge in [0, 0.05) is 34.6 Å². The molecule has 0 aliphatic carbocycles. The number of ether oxygens (including phenoxy) is 2. The predicted molar refractivity (Wildman–Crippen MR) is 147 cm³/mol. The summed E-state index contributed by atoms with van der Waals surface area (Å²) in [5.41, 5.74) is 5.04. The van der Waals surface area contributed by atoms with Gasteiger partial charge in [0.15, 0.2) is 6.61 Å². The van der Waals surface area contributed by atoms with Crippen molar-refractivity contribution in [3.63, 3.8) is 0 Å². The molecule has 8 heteroatoms. The summed E-state index contributed by atoms with van der Waals surface area (Å²) in [5.74, 6) is -0.421. The highest BCUT2D eigenvalue weighted by Gasteiger charge is 2.37. The van der Waals surface area contributed by atoms with E-state index in [1.54, 1.807) is 6.07 Å². The number of nitrogens with zero attached hydrogens (tertiary/aromatic N) is 1. The number of benzene rings is 3. The molecule has 0 radical (unpaired) electrons. The van der Waals surface area contributed by atoms with E-state index in [4.69, 9.17) is 13.9 Å². The Morgan fingerprint density at radius 1 is 1.05 bits per heavy atom. The number of carbonyl (C=O) groups excluding carboxylic acids is 2. The number of rotatable bonds is 5. The molecule has 0 unspecified atom stereocenters. The minimum Gasteiger partial charge on any atom is -0.483 e. The molecule has 1 amide bonds. The number of carbonyl (C=O) groups is 2. The van der Waals surface area contributed by atoms with Crippen LogP contribution in [0.3, 0.4) is 0 Å². The summed E-state index contributed by atoms with van der Waals surface area (Å²) >= 11 is 0. The SMILES string of the molecule is COC(=O)[C@@H]1Cc2c([nH]c3ccccc23)CN1C(=O)COc1cc(C)cc2oc(=O)cc(-c3ccccc3)c12. The van der Waals surface area contributed by atoms with Gasteiger partial charge in [0.2, 0.25) is 0 Å². The van der Waals surface area contributed by atoms with E-state index in [1.807, 2.05) is 67.6 Å². The van der Waals surface area contributed by atoms with Gasteiger partial charge in [0.1, 0.15) is 17.4 Å². The van der Waals surface area contributed by atoms with Gasteiger partial charge in [0.25, 0.3) is 5.91 Å². The minimum atomic E-state index is -0.773. The maximum absolute atomic E-state index is 13.6. The van der Waals surface area contributed by atoms with Crippen LogP contribution in [0.1, 0.15) is 16.8 Å². The van der Waals surface area contributed by atoms with E-state index in [0.717, 1.165) is 33.3 Å². The van der Waals surface area contributed by atoms with Crippen LogP contribution in [-0.4, -0.2) is 41.5 Å². The Kier molecular flexibility index (Phi) is 6.15. The zero-order valence-electron chi connectivity index (χ0n) is 21.5. The molecule has 1 atom stereocenters. The van der Waals surface area contributed by atoms with Crippen LogP contribution in [-0.2, 0) is 27.3 Å². The molecule has 1 aliphatic rings. The second kappa shape index (κ2) is 9.79. The van der Waals surface area contributed by atoms with Gasteiger partial charge in [-0.15, -0.1) is 0 Å². The highest BCUT2D eigenvalue weighted by molar-refractivity contribution is 5.98. The van der Waals surface area contributed by atoms with Crippen LogP contribution in [0.2, 0.25) is 0 Å². The molecule has 1 aliphatic heterocycles. The largest absolute Gasteiger partial charge is 0.483 e. The maximum Gasteiger partial charge on any atom is 0.336 e. The van der Waals surface area contributed by atoms with Crippen molar-refractivity contribution in [1.29, 1.82) is 0 Å². The number of fused-ring (bicyclic) bond motifs is 4. The van der Waals surface area contributed by atoms with E-state index in [2.05, 4.69) is 4.98 Å². The number of esters is 1. The van der Waals surface area contributed by atoms with Crippen molar-refractivity contribution in [2.45, 2.75) is 25.9 Å². The van der Waals surface area contributed by atoms with Gasteiger partial charge in [0.05, 0.1) is 19.0 Å². The number of H-pyrrole nitrogens is 1. The Hall–Kier alpha value is -4.85. The predicted octanol–water partition coefficient (Wildman–Crippen LogP) is 4.76. The first-order valence-corrected chi connectivity index (χ1v) is 12.7. The van der Waals surface area contributed by atoms with E-state index < -0.39 is 17.6 Å². The fourth-order valence-electron chi connectivity index (χ4n) is 5.39. The van der Waals surface area contributed by atoms with Crippen molar-refractivity contribution < 1.29 is 23.5 Å². The van der Waals surface area contributed by atoms with Gasteiger partial charge >= 0.3 is 11.6 Å². The van der Waals surface area contributed by atoms with Gasteiger partial charge < -0.3 is 23.8 Å². The van der Waals surface area contributed by atoms with Crippen LogP contribution >= 0.6 is 0 Å². The van der Waals surface area contributed by atoms with Crippen molar-refractivity contribution in [2.24, 2.45) is 0 Å². The van der Waals surface area contributed by atoms with E-state index in [0.29, 0.717) is 28.7 Å². The number of amides is 1. The fraction of sp³-hybridized carbons (Fsp3) is 0.194. The lowest BCUT2D eigenvalue weighted by Crippen LogP contribution is -2.50. The second-order valence-electron chi connectivity index (χ2n) is 9.66. The lowest BCUT2D eigenvalue weighted by atomic mass is 9.96. The molecule has 196 valence electrons. The topological polar surface area (TPSA) is 102 Å². The molecule has 0 saturated carbocycles. The Bertz CT molecular complexity index is 1790. The maximum atomic E-state index is 13.6. The van der Waals surface area contributed by atoms with Crippen LogP contribution in [0, 0.1) is 6.92 Å². The molecule has 1 N–H and O–H groups in total. The number of nitrogens with one attached hydrogen (secondary N) is 1. The quantitative estimate of drug-likeness (QED) is 0.264. The summed E-state index contributed by atoms with van der Waals surface area (Å²) in [4.78, 5) is 43.6. The second-order valence-corrected chi connectivity index (χ2v) is 9.66. The summed E-state index contributed by atoms with van der Waals surface area (Å²) in [6.07, 6.45) is 0.342. The van der Waals surface area contributed by atoms with E-state index in [9.17, 15) is 14.4 Å². The van der Waals surface area contributed by atoms with Crippen molar-refractivity contribution in [3.8, 4) is 16.9 Å². The number of aromatic amines is 1. The van der Waals surface area contributed by atoms with Gasteiger partial charge in [-0.05, 0) is 41.8 Å². The molecule has 39 heavy (non-hydrogen) atoms. The third-order valence-electron chi connectivity index (χ3n) is 7.19. The van der Waals surface area contributed by atoms with E-state index in [1.165, 1.54) is 18.1 Å². The zero-order valence-corrected chi connectivity index (χ0v) is 21.5. The molecule has 3 aromatic carbocycles. The van der Waals surface area contributed by atoms with Crippen LogP contribution in [0.5, 0.6) is 5.75 Å². The lowest BCUT2D eigenvalue weighted by molar-refractivity contribution is -0.154. The molecule has 5 aromatic rings. The normalized spacial score (nSPS) is 14.8. The van der Waals surface area contributed by atoms with Gasteiger partial charge in [-0.25, -0.2) is 9.59 Å². The molecular weight excluding hydrogens is 496 g/mol. The molecule has 0 fully saturated rings. The Morgan fingerprint density at radius 2 is 1.82 bits per heavy atom. The molecule has 6 rings (SSSR count). The molecule has 0 bridgehead atoms. The third kappa shape index (κ3) is 4.44. The smallest absolute Gasteiger partial charge is 0.336 e. The van der Waals surface area contributed by atoms with Gasteiger partial charge in [-0.1, -0.05) is 48.5 Å². The average molecular weight is 523 g/mol. The number of hydrogen-bond acceptors (Lipinski definition) is 6. The number of methoxy groups -OCH3 is 1. The third-order valence-corrected chi connectivity index (χ3v) is 7.19. The first kappa shape index (κ1) is 24.5. The number of para-hydroxylation sites is 1. The zero-order chi connectivity index (χ0) is 27.1. The molecule has 8 nitrogen and oxygen atoms in total. The Balaban J connectivity index is 1.34.